The highest BCUT2D eigenvalue weighted by Crippen LogP contribution is 2.20. The fourth-order valence-electron chi connectivity index (χ4n) is 3.69. The summed E-state index contributed by atoms with van der Waals surface area (Å²) in [7, 11) is 0. The van der Waals surface area contributed by atoms with E-state index in [-0.39, 0.29) is 22.5 Å². The van der Waals surface area contributed by atoms with Crippen LogP contribution in [0, 0.1) is 0 Å². The summed E-state index contributed by atoms with van der Waals surface area (Å²) >= 11 is 3.24. The summed E-state index contributed by atoms with van der Waals surface area (Å²) in [5, 5.41) is 4.38. The first-order valence-corrected chi connectivity index (χ1v) is 12.1. The zero-order valence-corrected chi connectivity index (χ0v) is 21.2. The van der Waals surface area contributed by atoms with Gasteiger partial charge in [-0.15, -0.1) is 11.3 Å². The van der Waals surface area contributed by atoms with Gasteiger partial charge in [-0.25, -0.2) is 0 Å². The molecule has 5 aromatic rings. The predicted octanol–water partition coefficient (Wildman–Crippen LogP) is 1.10. The van der Waals surface area contributed by atoms with Crippen molar-refractivity contribution in [2.24, 2.45) is 0 Å². The number of anilines is 1. The molecule has 0 atom stereocenters. The maximum atomic E-state index is 13.4. The molecule has 0 amide bonds. The second-order valence-electron chi connectivity index (χ2n) is 7.23. The summed E-state index contributed by atoms with van der Waals surface area (Å²) in [6.07, 6.45) is 3.94. The lowest BCUT2D eigenvalue weighted by Gasteiger charge is -2.00. The van der Waals surface area contributed by atoms with E-state index in [1.807, 2.05) is 60.7 Å². The number of halogens is 1. The summed E-state index contributed by atoms with van der Waals surface area (Å²) in [6, 6.07) is 28.1. The number of thiazole rings is 2. The molecule has 0 aliphatic rings. The van der Waals surface area contributed by atoms with Crippen molar-refractivity contribution in [2.75, 3.05) is 5.32 Å². The van der Waals surface area contributed by atoms with Crippen molar-refractivity contribution in [1.29, 1.82) is 0 Å². The Kier molecular flexibility index (Phi) is 7.23. The smallest absolute Gasteiger partial charge is 0.275 e. The van der Waals surface area contributed by atoms with Crippen LogP contribution in [0.3, 0.4) is 0 Å². The number of benzene rings is 3. The molecule has 5 rings (SSSR count). The van der Waals surface area contributed by atoms with Crippen LogP contribution in [0.25, 0.3) is 28.2 Å². The molecule has 2 heterocycles. The fourth-order valence-corrected chi connectivity index (χ4v) is 5.90. The van der Waals surface area contributed by atoms with Gasteiger partial charge in [0.05, 0.1) is 11.8 Å². The molecule has 0 aliphatic heterocycles. The molecule has 7 heteroatoms. The Balaban J connectivity index is 0.00000259. The van der Waals surface area contributed by atoms with E-state index in [1.54, 1.807) is 22.1 Å². The largest absolute Gasteiger partial charge is 1.00 e. The Morgan fingerprint density at radius 3 is 2.30 bits per heavy atom. The number of para-hydroxylation sites is 3. The molecule has 0 radical (unpaired) electrons. The van der Waals surface area contributed by atoms with Gasteiger partial charge in [0.25, 0.3) is 10.6 Å². The minimum Gasteiger partial charge on any atom is -1.00 e. The molecular weight excluding hydrogens is 514 g/mol. The van der Waals surface area contributed by atoms with Crippen molar-refractivity contribution in [3.8, 4) is 5.69 Å². The van der Waals surface area contributed by atoms with Crippen molar-refractivity contribution in [2.45, 2.75) is 13.5 Å². The van der Waals surface area contributed by atoms with Crippen LogP contribution in [-0.4, -0.2) is 4.57 Å². The number of aromatic nitrogens is 2. The highest BCUT2D eigenvalue weighted by atomic mass is 79.9. The number of fused-ring (bicyclic) bond motifs is 1. The molecule has 2 aromatic heterocycles. The van der Waals surface area contributed by atoms with Gasteiger partial charge in [-0.1, -0.05) is 59.9 Å². The van der Waals surface area contributed by atoms with Crippen molar-refractivity contribution < 1.29 is 21.5 Å². The highest BCUT2D eigenvalue weighted by Gasteiger charge is 2.17. The molecule has 0 saturated heterocycles. The molecule has 0 aliphatic carbocycles. The van der Waals surface area contributed by atoms with Crippen molar-refractivity contribution in [3.63, 3.8) is 0 Å². The Morgan fingerprint density at radius 1 is 0.909 bits per heavy atom. The van der Waals surface area contributed by atoms with E-state index in [2.05, 4.69) is 47.1 Å². The van der Waals surface area contributed by atoms with E-state index in [0.717, 1.165) is 27.6 Å². The first-order chi connectivity index (χ1) is 15.7. The Morgan fingerprint density at radius 2 is 1.58 bits per heavy atom. The third-order valence-corrected chi connectivity index (χ3v) is 7.34. The molecule has 0 spiro atoms. The van der Waals surface area contributed by atoms with Crippen LogP contribution in [0.1, 0.15) is 11.9 Å². The summed E-state index contributed by atoms with van der Waals surface area (Å²) < 4.78 is 6.89. The van der Waals surface area contributed by atoms with Gasteiger partial charge in [0.2, 0.25) is 5.52 Å². The number of nitrogens with zero attached hydrogens (tertiary/aromatic N) is 2. The van der Waals surface area contributed by atoms with Crippen LogP contribution in [0.15, 0.2) is 89.7 Å². The van der Waals surface area contributed by atoms with E-state index in [1.165, 1.54) is 21.6 Å². The van der Waals surface area contributed by atoms with Gasteiger partial charge in [-0.3, -0.25) is 9.36 Å². The van der Waals surface area contributed by atoms with Crippen LogP contribution < -0.4 is 41.6 Å². The van der Waals surface area contributed by atoms with Crippen molar-refractivity contribution in [3.05, 3.63) is 109 Å². The second kappa shape index (κ2) is 10.3. The quantitative estimate of drug-likeness (QED) is 0.342. The number of hydrogen-bond acceptors (Lipinski definition) is 4. The molecule has 4 nitrogen and oxygen atoms in total. The fraction of sp³-hybridized carbons (Fsp3) is 0.0769. The van der Waals surface area contributed by atoms with Crippen LogP contribution >= 0.6 is 22.7 Å². The van der Waals surface area contributed by atoms with Crippen LogP contribution in [0.4, 0.5) is 5.69 Å². The molecule has 0 bridgehead atoms. The monoisotopic (exact) mass is 535 g/mol. The molecule has 0 unspecified atom stereocenters. The van der Waals surface area contributed by atoms with E-state index in [4.69, 9.17) is 0 Å². The number of hydrogen-bond donors (Lipinski definition) is 1. The lowest BCUT2D eigenvalue weighted by molar-refractivity contribution is -0.665. The number of nitrogens with one attached hydrogen (secondary N) is 1. The molecular formula is C26H22BrN3OS2. The zero-order chi connectivity index (χ0) is 21.9. The molecule has 3 aromatic carbocycles. The summed E-state index contributed by atoms with van der Waals surface area (Å²) in [5.74, 6) is 0. The first kappa shape index (κ1) is 23.2. The van der Waals surface area contributed by atoms with Crippen LogP contribution in [-0.2, 0) is 6.54 Å². The maximum Gasteiger partial charge on any atom is 0.275 e. The lowest BCUT2D eigenvalue weighted by atomic mass is 10.3. The summed E-state index contributed by atoms with van der Waals surface area (Å²) in [5.41, 5.74) is 3.00. The third-order valence-electron chi connectivity index (χ3n) is 5.21. The molecule has 0 saturated carbocycles. The summed E-state index contributed by atoms with van der Waals surface area (Å²) in [6.45, 7) is 3.02. The lowest BCUT2D eigenvalue weighted by Crippen LogP contribution is -3.00. The topological polar surface area (TPSA) is 37.9 Å². The number of aryl methyl sites for hydroxylation is 1. The van der Waals surface area contributed by atoms with Gasteiger partial charge in [0, 0.05) is 18.0 Å². The first-order valence-electron chi connectivity index (χ1n) is 10.5. The van der Waals surface area contributed by atoms with Crippen molar-refractivity contribution in [1.82, 2.24) is 4.57 Å². The number of rotatable bonds is 5. The average molecular weight is 537 g/mol. The Labute approximate surface area is 210 Å². The minimum atomic E-state index is -0.0277. The van der Waals surface area contributed by atoms with E-state index >= 15 is 0 Å². The van der Waals surface area contributed by atoms with Gasteiger partial charge < -0.3 is 22.3 Å². The molecule has 0 fully saturated rings. The average Bonchev–Trinajstić information content (AvgIpc) is 3.35. The standard InChI is InChI=1S/C26H21N3OS2.BrH/c1-2-28-21-15-9-10-16-22(21)31-24(28)17-25-29(20-13-7-4-8-14-20)26(30)23(32-25)18-27-19-11-5-3-6-12-19;/h3-18H,2H2,1H3;1H. The van der Waals surface area contributed by atoms with Gasteiger partial charge in [0.15, 0.2) is 0 Å². The van der Waals surface area contributed by atoms with E-state index in [9.17, 15) is 4.79 Å². The van der Waals surface area contributed by atoms with Crippen LogP contribution in [0.5, 0.6) is 0 Å². The van der Waals surface area contributed by atoms with Crippen LogP contribution in [0.2, 0.25) is 0 Å². The van der Waals surface area contributed by atoms with E-state index < -0.39 is 0 Å². The van der Waals surface area contributed by atoms with Crippen molar-refractivity contribution >= 4 is 50.9 Å². The van der Waals surface area contributed by atoms with Gasteiger partial charge >= 0.3 is 0 Å². The maximum absolute atomic E-state index is 13.4. The minimum absolute atomic E-state index is 0. The zero-order valence-electron chi connectivity index (χ0n) is 17.9. The third kappa shape index (κ3) is 4.71. The SMILES string of the molecule is CC[n+]1c(C=c2s/c(=C\Nc3ccccc3)c(=O)n2-c2ccccc2)sc2ccccc21.[Br-]. The Hall–Kier alpha value is -3.00. The Bertz CT molecular complexity index is 1550. The molecule has 166 valence electrons. The van der Waals surface area contributed by atoms with Gasteiger partial charge in [0.1, 0.15) is 20.4 Å². The van der Waals surface area contributed by atoms with Gasteiger partial charge in [-0.05, 0) is 37.3 Å². The normalized spacial score (nSPS) is 12.2. The molecule has 1 N–H and O–H groups in total. The highest BCUT2D eigenvalue weighted by molar-refractivity contribution is 7.19. The second-order valence-corrected chi connectivity index (χ2v) is 9.36. The summed E-state index contributed by atoms with van der Waals surface area (Å²) in [4.78, 5) is 13.4. The van der Waals surface area contributed by atoms with Gasteiger partial charge in [-0.2, -0.15) is 4.57 Å². The predicted molar refractivity (Wildman–Crippen MR) is 135 cm³/mol. The molecule has 33 heavy (non-hydrogen) atoms. The van der Waals surface area contributed by atoms with E-state index in [0.29, 0.717) is 4.53 Å².